The summed E-state index contributed by atoms with van der Waals surface area (Å²) in [5, 5.41) is 7.55. The van der Waals surface area contributed by atoms with Gasteiger partial charge in [-0.2, -0.15) is 5.10 Å². The molecular formula is C16H22FN3. The van der Waals surface area contributed by atoms with Crippen LogP contribution in [0.2, 0.25) is 0 Å². The van der Waals surface area contributed by atoms with Gasteiger partial charge in [0.05, 0.1) is 5.69 Å². The van der Waals surface area contributed by atoms with E-state index in [2.05, 4.69) is 24.3 Å². The van der Waals surface area contributed by atoms with Gasteiger partial charge in [0.15, 0.2) is 0 Å². The minimum Gasteiger partial charge on any atom is -0.316 e. The van der Waals surface area contributed by atoms with Gasteiger partial charge in [-0.05, 0) is 31.5 Å². The highest BCUT2D eigenvalue weighted by Gasteiger charge is 2.18. The Bertz CT molecular complexity index is 602. The van der Waals surface area contributed by atoms with Gasteiger partial charge in [-0.1, -0.05) is 26.0 Å². The number of rotatable bonds is 5. The van der Waals surface area contributed by atoms with Gasteiger partial charge < -0.3 is 5.32 Å². The lowest BCUT2D eigenvalue weighted by atomic mass is 9.98. The van der Waals surface area contributed by atoms with Crippen molar-refractivity contribution in [1.82, 2.24) is 15.1 Å². The van der Waals surface area contributed by atoms with Crippen LogP contribution < -0.4 is 5.32 Å². The molecule has 1 aromatic carbocycles. The van der Waals surface area contributed by atoms with Crippen LogP contribution in [0, 0.1) is 5.82 Å². The number of hydrogen-bond donors (Lipinski definition) is 1. The number of aromatic nitrogens is 2. The van der Waals surface area contributed by atoms with Crippen molar-refractivity contribution in [2.24, 2.45) is 7.05 Å². The highest BCUT2D eigenvalue weighted by molar-refractivity contribution is 5.70. The molecule has 1 heterocycles. The second-order valence-electron chi connectivity index (χ2n) is 4.94. The van der Waals surface area contributed by atoms with Crippen LogP contribution in [0.25, 0.3) is 11.1 Å². The van der Waals surface area contributed by atoms with Gasteiger partial charge in [0.25, 0.3) is 0 Å². The zero-order chi connectivity index (χ0) is 14.7. The van der Waals surface area contributed by atoms with Gasteiger partial charge in [0.2, 0.25) is 0 Å². The second kappa shape index (κ2) is 6.18. The summed E-state index contributed by atoms with van der Waals surface area (Å²) >= 11 is 0. The van der Waals surface area contributed by atoms with Crippen molar-refractivity contribution >= 4 is 0 Å². The largest absolute Gasteiger partial charge is 0.316 e. The number of nitrogens with one attached hydrogen (secondary N) is 1. The normalized spacial score (nSPS) is 11.1. The van der Waals surface area contributed by atoms with Crippen molar-refractivity contribution in [1.29, 1.82) is 0 Å². The summed E-state index contributed by atoms with van der Waals surface area (Å²) in [5.41, 5.74) is 4.62. The van der Waals surface area contributed by atoms with E-state index in [-0.39, 0.29) is 5.82 Å². The van der Waals surface area contributed by atoms with Gasteiger partial charge in [0, 0.05) is 30.4 Å². The zero-order valence-corrected chi connectivity index (χ0v) is 12.6. The molecule has 2 rings (SSSR count). The lowest BCUT2D eigenvalue weighted by Gasteiger charge is -2.09. The summed E-state index contributed by atoms with van der Waals surface area (Å²) < 4.78 is 16.3. The quantitative estimate of drug-likeness (QED) is 0.909. The van der Waals surface area contributed by atoms with Crippen molar-refractivity contribution in [3.63, 3.8) is 0 Å². The molecule has 0 aliphatic rings. The van der Waals surface area contributed by atoms with Gasteiger partial charge >= 0.3 is 0 Å². The van der Waals surface area contributed by atoms with Crippen LogP contribution in [0.1, 0.15) is 30.8 Å². The molecule has 0 amide bonds. The summed E-state index contributed by atoms with van der Waals surface area (Å²) in [6, 6.07) is 5.45. The highest BCUT2D eigenvalue weighted by Crippen LogP contribution is 2.31. The van der Waals surface area contributed by atoms with Crippen LogP contribution in [-0.2, 0) is 26.4 Å². The van der Waals surface area contributed by atoms with Crippen LogP contribution >= 0.6 is 0 Å². The Balaban J connectivity index is 2.56. The standard InChI is InChI=1S/C16H22FN3/c1-5-14-16(15(6-2)20(4)19-14)12-8-7-11(10-18-3)9-13(12)17/h7-9,18H,5-6,10H2,1-4H3. The van der Waals surface area contributed by atoms with Gasteiger partial charge in [-0.25, -0.2) is 4.39 Å². The fraction of sp³-hybridized carbons (Fsp3) is 0.438. The van der Waals surface area contributed by atoms with E-state index in [4.69, 9.17) is 0 Å². The number of benzene rings is 1. The fourth-order valence-electron chi connectivity index (χ4n) is 2.66. The Morgan fingerprint density at radius 3 is 2.55 bits per heavy atom. The Morgan fingerprint density at radius 2 is 2.00 bits per heavy atom. The maximum Gasteiger partial charge on any atom is 0.131 e. The van der Waals surface area contributed by atoms with E-state index in [0.717, 1.165) is 35.4 Å². The van der Waals surface area contributed by atoms with Crippen LogP contribution in [0.5, 0.6) is 0 Å². The predicted octanol–water partition coefficient (Wildman–Crippen LogP) is 3.07. The monoisotopic (exact) mass is 275 g/mol. The van der Waals surface area contributed by atoms with Crippen LogP contribution in [0.3, 0.4) is 0 Å². The van der Waals surface area contributed by atoms with Crippen molar-refractivity contribution in [3.05, 3.63) is 41.0 Å². The van der Waals surface area contributed by atoms with E-state index < -0.39 is 0 Å². The molecule has 0 spiro atoms. The van der Waals surface area contributed by atoms with Crippen molar-refractivity contribution in [2.75, 3.05) is 7.05 Å². The van der Waals surface area contributed by atoms with Gasteiger partial charge in [0.1, 0.15) is 5.82 Å². The lowest BCUT2D eigenvalue weighted by Crippen LogP contribution is -2.05. The van der Waals surface area contributed by atoms with Crippen molar-refractivity contribution in [3.8, 4) is 11.1 Å². The first-order valence-corrected chi connectivity index (χ1v) is 7.10. The molecule has 1 aromatic heterocycles. The van der Waals surface area contributed by atoms with E-state index in [1.807, 2.05) is 30.9 Å². The first kappa shape index (κ1) is 14.7. The molecule has 20 heavy (non-hydrogen) atoms. The van der Waals surface area contributed by atoms with Crippen LogP contribution in [0.15, 0.2) is 18.2 Å². The molecule has 2 aromatic rings. The fourth-order valence-corrected chi connectivity index (χ4v) is 2.66. The minimum absolute atomic E-state index is 0.171. The average molecular weight is 275 g/mol. The third-order valence-corrected chi connectivity index (χ3v) is 3.59. The molecule has 1 N–H and O–H groups in total. The van der Waals surface area contributed by atoms with E-state index in [1.54, 1.807) is 6.07 Å². The lowest BCUT2D eigenvalue weighted by molar-refractivity contribution is 0.626. The summed E-state index contributed by atoms with van der Waals surface area (Å²) in [7, 11) is 3.78. The second-order valence-corrected chi connectivity index (χ2v) is 4.94. The van der Waals surface area contributed by atoms with Gasteiger partial charge in [-0.15, -0.1) is 0 Å². The van der Waals surface area contributed by atoms with E-state index in [0.29, 0.717) is 12.1 Å². The Morgan fingerprint density at radius 1 is 1.25 bits per heavy atom. The topological polar surface area (TPSA) is 29.9 Å². The highest BCUT2D eigenvalue weighted by atomic mass is 19.1. The molecule has 3 nitrogen and oxygen atoms in total. The summed E-state index contributed by atoms with van der Waals surface area (Å²) in [4.78, 5) is 0. The molecule has 0 atom stereocenters. The molecule has 0 aliphatic heterocycles. The zero-order valence-electron chi connectivity index (χ0n) is 12.6. The third kappa shape index (κ3) is 2.61. The Labute approximate surface area is 119 Å². The third-order valence-electron chi connectivity index (χ3n) is 3.59. The molecule has 0 fully saturated rings. The Kier molecular flexibility index (Phi) is 4.55. The molecule has 0 radical (unpaired) electrons. The SMILES string of the molecule is CCc1nn(C)c(CC)c1-c1ccc(CNC)cc1F. The van der Waals surface area contributed by atoms with Crippen molar-refractivity contribution < 1.29 is 4.39 Å². The number of nitrogens with zero attached hydrogens (tertiary/aromatic N) is 2. The molecule has 0 aliphatic carbocycles. The summed E-state index contributed by atoms with van der Waals surface area (Å²) in [6.07, 6.45) is 1.65. The molecule has 0 bridgehead atoms. The first-order chi connectivity index (χ1) is 9.62. The minimum atomic E-state index is -0.171. The average Bonchev–Trinajstić information content (AvgIpc) is 2.75. The van der Waals surface area contributed by atoms with Gasteiger partial charge in [-0.3, -0.25) is 4.68 Å². The van der Waals surface area contributed by atoms with E-state index in [1.165, 1.54) is 0 Å². The molecule has 108 valence electrons. The number of aryl methyl sites for hydroxylation is 2. The molecule has 0 unspecified atom stereocenters. The maximum atomic E-state index is 14.4. The van der Waals surface area contributed by atoms with Crippen molar-refractivity contribution in [2.45, 2.75) is 33.2 Å². The molecule has 4 heteroatoms. The predicted molar refractivity (Wildman–Crippen MR) is 80.1 cm³/mol. The van der Waals surface area contributed by atoms with E-state index >= 15 is 0 Å². The summed E-state index contributed by atoms with van der Waals surface area (Å²) in [6.45, 7) is 4.80. The molecule has 0 saturated heterocycles. The van der Waals surface area contributed by atoms with Crippen LogP contribution in [-0.4, -0.2) is 16.8 Å². The number of halogens is 1. The Hall–Kier alpha value is -1.68. The maximum absolute atomic E-state index is 14.4. The first-order valence-electron chi connectivity index (χ1n) is 7.10. The van der Waals surface area contributed by atoms with Crippen LogP contribution in [0.4, 0.5) is 4.39 Å². The molecular weight excluding hydrogens is 253 g/mol. The summed E-state index contributed by atoms with van der Waals surface area (Å²) in [5.74, 6) is -0.171. The smallest absolute Gasteiger partial charge is 0.131 e. The molecule has 0 saturated carbocycles. The number of hydrogen-bond acceptors (Lipinski definition) is 2. The van der Waals surface area contributed by atoms with E-state index in [9.17, 15) is 4.39 Å².